The van der Waals surface area contributed by atoms with Crippen LogP contribution >= 0.6 is 0 Å². The molecule has 116 valence electrons. The van der Waals surface area contributed by atoms with Gasteiger partial charge in [-0.25, -0.2) is 0 Å². The van der Waals surface area contributed by atoms with Crippen LogP contribution in [0.15, 0.2) is 0 Å². The van der Waals surface area contributed by atoms with Crippen LogP contribution in [0, 0.1) is 5.92 Å². The van der Waals surface area contributed by atoms with Gasteiger partial charge in [0.05, 0.1) is 13.2 Å². The quantitative estimate of drug-likeness (QED) is 0.766. The van der Waals surface area contributed by atoms with Crippen LogP contribution in [0.1, 0.15) is 12.8 Å². The van der Waals surface area contributed by atoms with E-state index in [1.165, 1.54) is 0 Å². The van der Waals surface area contributed by atoms with Crippen LogP contribution in [0.3, 0.4) is 0 Å². The minimum absolute atomic E-state index is 0.233. The molecule has 3 heterocycles. The van der Waals surface area contributed by atoms with Gasteiger partial charge in [0.1, 0.15) is 0 Å². The van der Waals surface area contributed by atoms with Gasteiger partial charge in [0, 0.05) is 32.8 Å². The number of anilines is 3. The Bertz CT molecular complexity index is 480. The Morgan fingerprint density at radius 2 is 1.81 bits per heavy atom. The van der Waals surface area contributed by atoms with Crippen molar-refractivity contribution in [3.63, 3.8) is 0 Å². The van der Waals surface area contributed by atoms with Gasteiger partial charge >= 0.3 is 0 Å². The highest BCUT2D eigenvalue weighted by molar-refractivity contribution is 5.44. The molecule has 1 atom stereocenters. The third-order valence-electron chi connectivity index (χ3n) is 4.03. The fraction of sp³-hybridized carbons (Fsp3) is 0.769. The van der Waals surface area contributed by atoms with Crippen molar-refractivity contribution in [2.45, 2.75) is 12.8 Å². The molecule has 0 aliphatic carbocycles. The molecule has 0 aromatic carbocycles. The van der Waals surface area contributed by atoms with Crippen molar-refractivity contribution in [3.05, 3.63) is 0 Å². The van der Waals surface area contributed by atoms with Gasteiger partial charge in [-0.2, -0.15) is 15.0 Å². The number of nitrogens with two attached hydrogens (primary N) is 1. The second kappa shape index (κ2) is 6.40. The fourth-order valence-corrected chi connectivity index (χ4v) is 2.85. The first-order valence-electron chi connectivity index (χ1n) is 7.46. The number of aromatic nitrogens is 3. The van der Waals surface area contributed by atoms with E-state index in [0.29, 0.717) is 31.0 Å². The van der Waals surface area contributed by atoms with E-state index in [4.69, 9.17) is 15.6 Å². The molecule has 21 heavy (non-hydrogen) atoms. The first-order chi connectivity index (χ1) is 10.3. The number of hydrogen-bond acceptors (Lipinski definition) is 8. The Balaban J connectivity index is 1.75. The van der Waals surface area contributed by atoms with Gasteiger partial charge in [0.25, 0.3) is 0 Å². The van der Waals surface area contributed by atoms with Crippen LogP contribution in [-0.4, -0.2) is 66.1 Å². The van der Waals surface area contributed by atoms with Crippen LogP contribution in [0.25, 0.3) is 0 Å². The van der Waals surface area contributed by atoms with Crippen molar-refractivity contribution >= 4 is 17.8 Å². The summed E-state index contributed by atoms with van der Waals surface area (Å²) in [6.45, 7) is 4.92. The fourth-order valence-electron chi connectivity index (χ4n) is 2.85. The standard InChI is InChI=1S/C13H22N6O2/c14-11-15-12(18-4-7-21-8-5-18)17-13(16-11)19-3-1-10(9-19)2-6-20/h10,20H,1-9H2,(H2,14,15,16,17). The number of ether oxygens (including phenoxy) is 1. The molecular weight excluding hydrogens is 272 g/mol. The Labute approximate surface area is 123 Å². The van der Waals surface area contributed by atoms with E-state index in [1.54, 1.807) is 0 Å². The molecule has 1 unspecified atom stereocenters. The zero-order valence-electron chi connectivity index (χ0n) is 12.1. The van der Waals surface area contributed by atoms with E-state index in [1.807, 2.05) is 0 Å². The molecule has 0 saturated carbocycles. The first-order valence-corrected chi connectivity index (χ1v) is 7.46. The lowest BCUT2D eigenvalue weighted by Crippen LogP contribution is -2.38. The number of nitrogens with zero attached hydrogens (tertiary/aromatic N) is 5. The number of hydrogen-bond donors (Lipinski definition) is 2. The second-order valence-corrected chi connectivity index (χ2v) is 5.51. The molecule has 3 rings (SSSR count). The van der Waals surface area contributed by atoms with Crippen LogP contribution in [0.5, 0.6) is 0 Å². The lowest BCUT2D eigenvalue weighted by atomic mass is 10.1. The molecule has 3 N–H and O–H groups in total. The third-order valence-corrected chi connectivity index (χ3v) is 4.03. The summed E-state index contributed by atoms with van der Waals surface area (Å²) in [5, 5.41) is 9.04. The van der Waals surface area contributed by atoms with Gasteiger partial charge in [0.2, 0.25) is 17.8 Å². The minimum atomic E-state index is 0.233. The maximum absolute atomic E-state index is 9.04. The number of nitrogen functional groups attached to an aromatic ring is 1. The van der Waals surface area contributed by atoms with E-state index in [0.717, 1.165) is 39.0 Å². The van der Waals surface area contributed by atoms with Crippen LogP contribution in [0.2, 0.25) is 0 Å². The molecule has 1 aromatic heterocycles. The van der Waals surface area contributed by atoms with E-state index in [-0.39, 0.29) is 12.6 Å². The molecule has 1 aromatic rings. The predicted octanol–water partition coefficient (Wildman–Crippen LogP) is -0.501. The molecule has 2 aliphatic rings. The highest BCUT2D eigenvalue weighted by atomic mass is 16.5. The van der Waals surface area contributed by atoms with Crippen LogP contribution in [-0.2, 0) is 4.74 Å². The molecular formula is C13H22N6O2. The summed E-state index contributed by atoms with van der Waals surface area (Å²) < 4.78 is 5.34. The zero-order valence-corrected chi connectivity index (χ0v) is 12.1. The largest absolute Gasteiger partial charge is 0.396 e. The topological polar surface area (TPSA) is 101 Å². The van der Waals surface area contributed by atoms with Crippen molar-refractivity contribution in [2.24, 2.45) is 5.92 Å². The van der Waals surface area contributed by atoms with E-state index in [9.17, 15) is 0 Å². The van der Waals surface area contributed by atoms with Crippen molar-refractivity contribution in [3.8, 4) is 0 Å². The molecule has 2 fully saturated rings. The maximum Gasteiger partial charge on any atom is 0.232 e. The Kier molecular flexibility index (Phi) is 4.35. The predicted molar refractivity (Wildman–Crippen MR) is 79.3 cm³/mol. The number of aliphatic hydroxyl groups is 1. The van der Waals surface area contributed by atoms with E-state index < -0.39 is 0 Å². The Hall–Kier alpha value is -1.67. The summed E-state index contributed by atoms with van der Waals surface area (Å²) in [6.07, 6.45) is 1.88. The molecule has 2 saturated heterocycles. The highest BCUT2D eigenvalue weighted by Crippen LogP contribution is 2.24. The van der Waals surface area contributed by atoms with Gasteiger partial charge in [-0.3, -0.25) is 0 Å². The lowest BCUT2D eigenvalue weighted by Gasteiger charge is -2.27. The van der Waals surface area contributed by atoms with Gasteiger partial charge in [-0.15, -0.1) is 0 Å². The Morgan fingerprint density at radius 1 is 1.10 bits per heavy atom. The number of rotatable bonds is 4. The molecule has 0 bridgehead atoms. The molecule has 0 radical (unpaired) electrons. The maximum atomic E-state index is 9.04. The van der Waals surface area contributed by atoms with Crippen molar-refractivity contribution in [1.82, 2.24) is 15.0 Å². The highest BCUT2D eigenvalue weighted by Gasteiger charge is 2.25. The van der Waals surface area contributed by atoms with Gasteiger partial charge in [-0.05, 0) is 18.8 Å². The van der Waals surface area contributed by atoms with E-state index in [2.05, 4.69) is 24.8 Å². The summed E-state index contributed by atoms with van der Waals surface area (Å²) in [5.74, 6) is 2.03. The van der Waals surface area contributed by atoms with Crippen molar-refractivity contribution < 1.29 is 9.84 Å². The summed E-state index contributed by atoms with van der Waals surface area (Å²) >= 11 is 0. The number of morpholine rings is 1. The zero-order chi connectivity index (χ0) is 14.7. The first kappa shape index (κ1) is 14.3. The third kappa shape index (κ3) is 3.33. The minimum Gasteiger partial charge on any atom is -0.396 e. The second-order valence-electron chi connectivity index (χ2n) is 5.51. The molecule has 2 aliphatic heterocycles. The SMILES string of the molecule is Nc1nc(N2CCOCC2)nc(N2CCC(CCO)C2)n1. The average Bonchev–Trinajstić information content (AvgIpc) is 2.97. The van der Waals surface area contributed by atoms with Crippen molar-refractivity contribution in [1.29, 1.82) is 0 Å². The summed E-state index contributed by atoms with van der Waals surface area (Å²) in [6, 6.07) is 0. The smallest absolute Gasteiger partial charge is 0.232 e. The Morgan fingerprint density at radius 3 is 2.52 bits per heavy atom. The lowest BCUT2D eigenvalue weighted by molar-refractivity contribution is 0.122. The normalized spacial score (nSPS) is 22.8. The van der Waals surface area contributed by atoms with Crippen LogP contribution in [0.4, 0.5) is 17.8 Å². The summed E-state index contributed by atoms with van der Waals surface area (Å²) in [4.78, 5) is 17.3. The molecule has 0 spiro atoms. The summed E-state index contributed by atoms with van der Waals surface area (Å²) in [7, 11) is 0. The number of aliphatic hydroxyl groups excluding tert-OH is 1. The summed E-state index contributed by atoms with van der Waals surface area (Å²) in [5.41, 5.74) is 5.84. The average molecular weight is 294 g/mol. The molecule has 8 heteroatoms. The van der Waals surface area contributed by atoms with Gasteiger partial charge in [-0.1, -0.05) is 0 Å². The van der Waals surface area contributed by atoms with Crippen molar-refractivity contribution in [2.75, 3.05) is 61.5 Å². The van der Waals surface area contributed by atoms with Gasteiger partial charge in [0.15, 0.2) is 0 Å². The molecule has 8 nitrogen and oxygen atoms in total. The van der Waals surface area contributed by atoms with Gasteiger partial charge < -0.3 is 25.4 Å². The van der Waals surface area contributed by atoms with Crippen LogP contribution < -0.4 is 15.5 Å². The monoisotopic (exact) mass is 294 g/mol. The molecule has 0 amide bonds. The van der Waals surface area contributed by atoms with E-state index >= 15 is 0 Å².